The number of benzene rings is 2. The van der Waals surface area contributed by atoms with Gasteiger partial charge in [-0.25, -0.2) is 9.18 Å². The first-order valence-corrected chi connectivity index (χ1v) is 8.10. The number of hydrogen-bond acceptors (Lipinski definition) is 2. The largest absolute Gasteiger partial charge is 0.489 e. The van der Waals surface area contributed by atoms with Crippen molar-refractivity contribution in [2.75, 3.05) is 0 Å². The molecule has 2 amide bonds. The van der Waals surface area contributed by atoms with E-state index in [1.807, 2.05) is 31.2 Å². The van der Waals surface area contributed by atoms with Crippen molar-refractivity contribution in [2.24, 2.45) is 5.73 Å². The lowest BCUT2D eigenvalue weighted by molar-refractivity contribution is 0.186. The minimum atomic E-state index is -0.384. The number of urea groups is 1. The second-order valence-corrected chi connectivity index (χ2v) is 6.14. The normalized spacial score (nSPS) is 20.2. The molecule has 0 aromatic heterocycles. The van der Waals surface area contributed by atoms with Gasteiger partial charge in [0.2, 0.25) is 0 Å². The lowest BCUT2D eigenvalue weighted by Gasteiger charge is -2.27. The van der Waals surface area contributed by atoms with Crippen LogP contribution >= 0.6 is 0 Å². The van der Waals surface area contributed by atoms with Crippen LogP contribution in [0.5, 0.6) is 5.75 Å². The number of likely N-dealkylation sites (tertiary alicyclic amines) is 1. The topological polar surface area (TPSA) is 55.6 Å². The van der Waals surface area contributed by atoms with E-state index in [-0.39, 0.29) is 30.5 Å². The Bertz CT molecular complexity index is 718. The third-order valence-corrected chi connectivity index (χ3v) is 4.54. The number of carbonyl (C=O) groups is 1. The molecule has 2 atom stereocenters. The fourth-order valence-corrected chi connectivity index (χ4v) is 3.25. The van der Waals surface area contributed by atoms with Gasteiger partial charge in [0.1, 0.15) is 18.2 Å². The van der Waals surface area contributed by atoms with Crippen molar-refractivity contribution in [3.63, 3.8) is 0 Å². The first-order chi connectivity index (χ1) is 11.6. The predicted octanol–water partition coefficient (Wildman–Crippen LogP) is 4.01. The van der Waals surface area contributed by atoms with Gasteiger partial charge in [0.15, 0.2) is 0 Å². The van der Waals surface area contributed by atoms with Crippen molar-refractivity contribution in [3.05, 3.63) is 65.5 Å². The van der Waals surface area contributed by atoms with E-state index in [1.165, 1.54) is 6.07 Å². The molecule has 0 spiro atoms. The Labute approximate surface area is 141 Å². The average molecular weight is 328 g/mol. The molecule has 1 aliphatic rings. The molecule has 5 heteroatoms. The van der Waals surface area contributed by atoms with Gasteiger partial charge in [0.05, 0.1) is 6.04 Å². The average Bonchev–Trinajstić information content (AvgIpc) is 2.96. The van der Waals surface area contributed by atoms with Gasteiger partial charge in [0, 0.05) is 11.6 Å². The standard InChI is InChI=1S/C19H21FN2O2/c1-13-6-11-18(22(13)19(21)23)14-7-9-16(10-8-14)24-12-15-4-2-3-5-17(15)20/h2-5,7-10,13,18H,6,11-12H2,1H3,(H2,21,23)/t13?,18-/m0/s1. The van der Waals surface area contributed by atoms with Gasteiger partial charge in [-0.2, -0.15) is 0 Å². The zero-order valence-electron chi connectivity index (χ0n) is 13.6. The predicted molar refractivity (Wildman–Crippen MR) is 90.0 cm³/mol. The highest BCUT2D eigenvalue weighted by molar-refractivity contribution is 5.73. The van der Waals surface area contributed by atoms with Gasteiger partial charge in [-0.05, 0) is 43.5 Å². The zero-order valence-corrected chi connectivity index (χ0v) is 13.6. The maximum absolute atomic E-state index is 13.6. The minimum absolute atomic E-state index is 0.0121. The monoisotopic (exact) mass is 328 g/mol. The molecule has 3 rings (SSSR count). The summed E-state index contributed by atoms with van der Waals surface area (Å²) in [7, 11) is 0. The molecule has 2 N–H and O–H groups in total. The summed E-state index contributed by atoms with van der Waals surface area (Å²) >= 11 is 0. The Morgan fingerprint density at radius 2 is 1.92 bits per heavy atom. The van der Waals surface area contributed by atoms with Gasteiger partial charge >= 0.3 is 6.03 Å². The molecular formula is C19H21FN2O2. The van der Waals surface area contributed by atoms with Gasteiger partial charge in [-0.3, -0.25) is 0 Å². The molecule has 1 fully saturated rings. The number of halogens is 1. The van der Waals surface area contributed by atoms with E-state index < -0.39 is 0 Å². The van der Waals surface area contributed by atoms with Crippen LogP contribution in [0.1, 0.15) is 36.9 Å². The fourth-order valence-electron chi connectivity index (χ4n) is 3.25. The molecule has 0 bridgehead atoms. The van der Waals surface area contributed by atoms with Crippen LogP contribution in [-0.4, -0.2) is 17.0 Å². The molecule has 126 valence electrons. The molecule has 1 aliphatic heterocycles. The maximum Gasteiger partial charge on any atom is 0.315 e. The number of hydrogen-bond donors (Lipinski definition) is 1. The Balaban J connectivity index is 1.67. The van der Waals surface area contributed by atoms with Gasteiger partial charge in [-0.1, -0.05) is 30.3 Å². The van der Waals surface area contributed by atoms with E-state index >= 15 is 0 Å². The van der Waals surface area contributed by atoms with Crippen LogP contribution in [0.15, 0.2) is 48.5 Å². The van der Waals surface area contributed by atoms with E-state index in [2.05, 4.69) is 0 Å². The van der Waals surface area contributed by atoms with Crippen molar-refractivity contribution >= 4 is 6.03 Å². The van der Waals surface area contributed by atoms with Crippen LogP contribution in [0, 0.1) is 5.82 Å². The van der Waals surface area contributed by atoms with Crippen LogP contribution in [0.25, 0.3) is 0 Å². The summed E-state index contributed by atoms with van der Waals surface area (Å²) in [4.78, 5) is 13.4. The lowest BCUT2D eigenvalue weighted by Crippen LogP contribution is -2.39. The molecule has 1 unspecified atom stereocenters. The highest BCUT2D eigenvalue weighted by Gasteiger charge is 2.33. The number of carbonyl (C=O) groups excluding carboxylic acids is 1. The van der Waals surface area contributed by atoms with E-state index in [9.17, 15) is 9.18 Å². The summed E-state index contributed by atoms with van der Waals surface area (Å²) in [6.45, 7) is 2.19. The summed E-state index contributed by atoms with van der Waals surface area (Å²) in [5.74, 6) is 0.393. The van der Waals surface area contributed by atoms with Gasteiger partial charge in [0.25, 0.3) is 0 Å². The van der Waals surface area contributed by atoms with Crippen LogP contribution in [0.2, 0.25) is 0 Å². The summed E-state index contributed by atoms with van der Waals surface area (Å²) in [6.07, 6.45) is 1.85. The van der Waals surface area contributed by atoms with Crippen molar-refractivity contribution in [3.8, 4) is 5.75 Å². The maximum atomic E-state index is 13.6. The second-order valence-electron chi connectivity index (χ2n) is 6.14. The summed E-state index contributed by atoms with van der Waals surface area (Å²) < 4.78 is 19.2. The fraction of sp³-hybridized carbons (Fsp3) is 0.316. The Morgan fingerprint density at radius 3 is 2.58 bits per heavy atom. The van der Waals surface area contributed by atoms with E-state index in [4.69, 9.17) is 10.5 Å². The van der Waals surface area contributed by atoms with E-state index in [1.54, 1.807) is 23.1 Å². The summed E-state index contributed by atoms with van der Waals surface area (Å²) in [6, 6.07) is 13.9. The molecule has 2 aromatic rings. The highest BCUT2D eigenvalue weighted by Crippen LogP contribution is 2.36. The van der Waals surface area contributed by atoms with E-state index in [0.717, 1.165) is 18.4 Å². The molecule has 4 nitrogen and oxygen atoms in total. The first kappa shape index (κ1) is 16.3. The first-order valence-electron chi connectivity index (χ1n) is 8.10. The molecule has 1 heterocycles. The molecule has 0 saturated carbocycles. The molecular weight excluding hydrogens is 307 g/mol. The van der Waals surface area contributed by atoms with Crippen molar-refractivity contribution in [1.29, 1.82) is 0 Å². The Morgan fingerprint density at radius 1 is 1.21 bits per heavy atom. The minimum Gasteiger partial charge on any atom is -0.489 e. The van der Waals surface area contributed by atoms with Crippen LogP contribution in [0.4, 0.5) is 9.18 Å². The Kier molecular flexibility index (Phi) is 4.69. The Hall–Kier alpha value is -2.56. The van der Waals surface area contributed by atoms with Crippen LogP contribution in [0.3, 0.4) is 0 Å². The van der Waals surface area contributed by atoms with Crippen LogP contribution in [-0.2, 0) is 6.61 Å². The number of primary amides is 1. The highest BCUT2D eigenvalue weighted by atomic mass is 19.1. The van der Waals surface area contributed by atoms with Crippen molar-refractivity contribution in [2.45, 2.75) is 38.5 Å². The number of amides is 2. The van der Waals surface area contributed by atoms with E-state index in [0.29, 0.717) is 11.3 Å². The van der Waals surface area contributed by atoms with Gasteiger partial charge in [-0.15, -0.1) is 0 Å². The quantitative estimate of drug-likeness (QED) is 0.922. The van der Waals surface area contributed by atoms with Crippen molar-refractivity contribution in [1.82, 2.24) is 4.90 Å². The number of nitrogens with zero attached hydrogens (tertiary/aromatic N) is 1. The second kappa shape index (κ2) is 6.91. The third-order valence-electron chi connectivity index (χ3n) is 4.54. The smallest absolute Gasteiger partial charge is 0.315 e. The SMILES string of the molecule is CC1CC[C@@H](c2ccc(OCc3ccccc3F)cc2)N1C(N)=O. The zero-order chi connectivity index (χ0) is 17.1. The van der Waals surface area contributed by atoms with Crippen LogP contribution < -0.4 is 10.5 Å². The molecule has 1 saturated heterocycles. The molecule has 2 aromatic carbocycles. The lowest BCUT2D eigenvalue weighted by atomic mass is 10.0. The molecule has 24 heavy (non-hydrogen) atoms. The summed E-state index contributed by atoms with van der Waals surface area (Å²) in [5.41, 5.74) is 7.06. The number of rotatable bonds is 4. The van der Waals surface area contributed by atoms with Crippen molar-refractivity contribution < 1.29 is 13.9 Å². The summed E-state index contributed by atoms with van der Waals surface area (Å²) in [5, 5.41) is 0. The molecule has 0 radical (unpaired) electrons. The van der Waals surface area contributed by atoms with Gasteiger partial charge < -0.3 is 15.4 Å². The third kappa shape index (κ3) is 3.35. The number of nitrogens with two attached hydrogens (primary N) is 1. The molecule has 0 aliphatic carbocycles. The number of ether oxygens (including phenoxy) is 1.